The number of rotatable bonds is 7. The Balaban J connectivity index is 2.48. The third-order valence-electron chi connectivity index (χ3n) is 2.77. The summed E-state index contributed by atoms with van der Waals surface area (Å²) in [5.41, 5.74) is 1.85. The van der Waals surface area contributed by atoms with E-state index in [-0.39, 0.29) is 25.0 Å². The van der Waals surface area contributed by atoms with Crippen LogP contribution in [0.15, 0.2) is 24.3 Å². The maximum Gasteiger partial charge on any atom is 0.320 e. The molecule has 0 radical (unpaired) electrons. The number of esters is 1. The maximum absolute atomic E-state index is 11.9. The van der Waals surface area contributed by atoms with Crippen LogP contribution in [0.4, 0.5) is 5.69 Å². The van der Waals surface area contributed by atoms with Crippen molar-refractivity contribution in [2.75, 3.05) is 31.6 Å². The van der Waals surface area contributed by atoms with Crippen molar-refractivity contribution < 1.29 is 14.3 Å². The summed E-state index contributed by atoms with van der Waals surface area (Å²) in [6, 6.07) is 7.60. The number of aryl methyl sites for hydroxylation is 1. The second-order valence-electron chi connectivity index (χ2n) is 4.53. The van der Waals surface area contributed by atoms with E-state index in [4.69, 9.17) is 4.74 Å². The number of amides is 1. The van der Waals surface area contributed by atoms with Crippen LogP contribution in [0.25, 0.3) is 0 Å². The van der Waals surface area contributed by atoms with Gasteiger partial charge in [-0.1, -0.05) is 19.1 Å². The molecule has 1 N–H and O–H groups in total. The Labute approximate surface area is 119 Å². The van der Waals surface area contributed by atoms with Gasteiger partial charge in [0.05, 0.1) is 19.7 Å². The summed E-state index contributed by atoms with van der Waals surface area (Å²) in [6.45, 7) is 6.90. The van der Waals surface area contributed by atoms with Gasteiger partial charge in [-0.3, -0.25) is 14.5 Å². The molecule has 0 saturated heterocycles. The van der Waals surface area contributed by atoms with Crippen LogP contribution >= 0.6 is 0 Å². The molecule has 110 valence electrons. The highest BCUT2D eigenvalue weighted by Crippen LogP contribution is 2.09. The van der Waals surface area contributed by atoms with Crippen LogP contribution in [-0.4, -0.2) is 43.0 Å². The molecule has 0 spiro atoms. The molecular formula is C15H22N2O3. The van der Waals surface area contributed by atoms with Crippen molar-refractivity contribution in [1.29, 1.82) is 0 Å². The first-order valence-corrected chi connectivity index (χ1v) is 6.79. The first-order chi connectivity index (χ1) is 9.55. The summed E-state index contributed by atoms with van der Waals surface area (Å²) in [7, 11) is 0. The minimum absolute atomic E-state index is 0.131. The molecule has 1 rings (SSSR count). The Bertz CT molecular complexity index is 460. The van der Waals surface area contributed by atoms with Crippen LogP contribution in [0.2, 0.25) is 0 Å². The highest BCUT2D eigenvalue weighted by molar-refractivity contribution is 5.92. The number of likely N-dealkylation sites (N-methyl/N-ethyl adjacent to an activating group) is 1. The predicted molar refractivity (Wildman–Crippen MR) is 78.6 cm³/mol. The first kappa shape index (κ1) is 16.2. The minimum Gasteiger partial charge on any atom is -0.465 e. The molecule has 0 aliphatic carbocycles. The normalized spacial score (nSPS) is 10.4. The van der Waals surface area contributed by atoms with Gasteiger partial charge < -0.3 is 10.1 Å². The van der Waals surface area contributed by atoms with E-state index in [1.54, 1.807) is 11.8 Å². The quantitative estimate of drug-likeness (QED) is 0.773. The zero-order chi connectivity index (χ0) is 15.0. The van der Waals surface area contributed by atoms with Crippen LogP contribution in [0.1, 0.15) is 19.4 Å². The van der Waals surface area contributed by atoms with Crippen molar-refractivity contribution in [2.45, 2.75) is 20.8 Å². The number of benzene rings is 1. The number of ether oxygens (including phenoxy) is 1. The number of carbonyl (C=O) groups excluding carboxylic acids is 2. The number of anilines is 1. The lowest BCUT2D eigenvalue weighted by atomic mass is 10.2. The summed E-state index contributed by atoms with van der Waals surface area (Å²) in [5.74, 6) is -0.445. The van der Waals surface area contributed by atoms with Gasteiger partial charge in [-0.15, -0.1) is 0 Å². The average molecular weight is 278 g/mol. The number of nitrogens with zero attached hydrogens (tertiary/aromatic N) is 1. The molecule has 5 heteroatoms. The fourth-order valence-corrected chi connectivity index (χ4v) is 1.80. The minimum atomic E-state index is -0.308. The van der Waals surface area contributed by atoms with Crippen molar-refractivity contribution in [3.05, 3.63) is 29.8 Å². The molecule has 5 nitrogen and oxygen atoms in total. The largest absolute Gasteiger partial charge is 0.465 e. The number of carbonyl (C=O) groups is 2. The molecular weight excluding hydrogens is 256 g/mol. The molecule has 1 amide bonds. The molecule has 0 saturated carbocycles. The van der Waals surface area contributed by atoms with Gasteiger partial charge in [0.1, 0.15) is 0 Å². The Morgan fingerprint density at radius 2 is 2.00 bits per heavy atom. The molecule has 20 heavy (non-hydrogen) atoms. The fraction of sp³-hybridized carbons (Fsp3) is 0.467. The maximum atomic E-state index is 11.9. The SMILES string of the molecule is CCOC(=O)CN(CC)CC(=O)Nc1cccc(C)c1. The zero-order valence-corrected chi connectivity index (χ0v) is 12.3. The number of hydrogen-bond acceptors (Lipinski definition) is 4. The second-order valence-corrected chi connectivity index (χ2v) is 4.53. The predicted octanol–water partition coefficient (Wildman–Crippen LogP) is 1.82. The van der Waals surface area contributed by atoms with Crippen molar-refractivity contribution in [1.82, 2.24) is 4.90 Å². The van der Waals surface area contributed by atoms with E-state index in [1.807, 2.05) is 38.1 Å². The Morgan fingerprint density at radius 1 is 1.25 bits per heavy atom. The van der Waals surface area contributed by atoms with Crippen LogP contribution in [0, 0.1) is 6.92 Å². The number of hydrogen-bond donors (Lipinski definition) is 1. The third-order valence-corrected chi connectivity index (χ3v) is 2.77. The van der Waals surface area contributed by atoms with Gasteiger partial charge in [0.15, 0.2) is 0 Å². The van der Waals surface area contributed by atoms with Gasteiger partial charge in [0.2, 0.25) is 5.91 Å². The average Bonchev–Trinajstić information content (AvgIpc) is 2.38. The summed E-state index contributed by atoms with van der Waals surface area (Å²) in [5, 5.41) is 2.82. The van der Waals surface area contributed by atoms with Crippen LogP contribution < -0.4 is 5.32 Å². The van der Waals surface area contributed by atoms with Gasteiger partial charge in [-0.25, -0.2) is 0 Å². The lowest BCUT2D eigenvalue weighted by Crippen LogP contribution is -2.37. The molecule has 0 bridgehead atoms. The van der Waals surface area contributed by atoms with Crippen molar-refractivity contribution in [3.8, 4) is 0 Å². The van der Waals surface area contributed by atoms with Crippen molar-refractivity contribution >= 4 is 17.6 Å². The van der Waals surface area contributed by atoms with Gasteiger partial charge >= 0.3 is 5.97 Å². The fourth-order valence-electron chi connectivity index (χ4n) is 1.80. The van der Waals surface area contributed by atoms with Gasteiger partial charge in [-0.2, -0.15) is 0 Å². The van der Waals surface area contributed by atoms with Gasteiger partial charge in [0.25, 0.3) is 0 Å². The van der Waals surface area contributed by atoms with Crippen LogP contribution in [0.3, 0.4) is 0 Å². The molecule has 1 aromatic carbocycles. The lowest BCUT2D eigenvalue weighted by Gasteiger charge is -2.18. The zero-order valence-electron chi connectivity index (χ0n) is 12.3. The Morgan fingerprint density at radius 3 is 2.60 bits per heavy atom. The standard InChI is InChI=1S/C15H22N2O3/c1-4-17(11-15(19)20-5-2)10-14(18)16-13-8-6-7-12(3)9-13/h6-9H,4-5,10-11H2,1-3H3,(H,16,18). The van der Waals surface area contributed by atoms with Crippen molar-refractivity contribution in [3.63, 3.8) is 0 Å². The molecule has 0 fully saturated rings. The van der Waals surface area contributed by atoms with E-state index < -0.39 is 0 Å². The first-order valence-electron chi connectivity index (χ1n) is 6.79. The summed E-state index contributed by atoms with van der Waals surface area (Å²) < 4.78 is 4.88. The highest BCUT2D eigenvalue weighted by atomic mass is 16.5. The molecule has 0 aliphatic heterocycles. The van der Waals surface area contributed by atoms with E-state index in [0.29, 0.717) is 13.2 Å². The lowest BCUT2D eigenvalue weighted by molar-refractivity contribution is -0.144. The van der Waals surface area contributed by atoms with Gasteiger partial charge in [0, 0.05) is 5.69 Å². The van der Waals surface area contributed by atoms with Crippen molar-refractivity contribution in [2.24, 2.45) is 0 Å². The van der Waals surface area contributed by atoms with Crippen LogP contribution in [-0.2, 0) is 14.3 Å². The highest BCUT2D eigenvalue weighted by Gasteiger charge is 2.13. The molecule has 0 aliphatic rings. The summed E-state index contributed by atoms with van der Waals surface area (Å²) in [6.07, 6.45) is 0. The van der Waals surface area contributed by atoms with Gasteiger partial charge in [-0.05, 0) is 38.1 Å². The van der Waals surface area contributed by atoms with E-state index in [0.717, 1.165) is 11.3 Å². The van der Waals surface area contributed by atoms with E-state index in [9.17, 15) is 9.59 Å². The van der Waals surface area contributed by atoms with Crippen LogP contribution in [0.5, 0.6) is 0 Å². The monoisotopic (exact) mass is 278 g/mol. The Hall–Kier alpha value is -1.88. The summed E-state index contributed by atoms with van der Waals surface area (Å²) >= 11 is 0. The Kier molecular flexibility index (Phi) is 6.73. The molecule has 0 aromatic heterocycles. The number of nitrogens with one attached hydrogen (secondary N) is 1. The summed E-state index contributed by atoms with van der Waals surface area (Å²) in [4.78, 5) is 25.1. The molecule has 0 atom stereocenters. The van der Waals surface area contributed by atoms with E-state index in [2.05, 4.69) is 5.32 Å². The molecule has 0 unspecified atom stereocenters. The topological polar surface area (TPSA) is 58.6 Å². The smallest absolute Gasteiger partial charge is 0.320 e. The molecule has 0 heterocycles. The molecule has 1 aromatic rings. The third kappa shape index (κ3) is 5.84. The van der Waals surface area contributed by atoms with E-state index >= 15 is 0 Å². The van der Waals surface area contributed by atoms with E-state index in [1.165, 1.54) is 0 Å². The second kappa shape index (κ2) is 8.32.